The van der Waals surface area contributed by atoms with Crippen LogP contribution in [0.5, 0.6) is 0 Å². The lowest BCUT2D eigenvalue weighted by molar-refractivity contribution is 0.438. The van der Waals surface area contributed by atoms with E-state index in [1.807, 2.05) is 0 Å². The van der Waals surface area contributed by atoms with E-state index in [0.29, 0.717) is 0 Å². The third-order valence-corrected chi connectivity index (χ3v) is 3.90. The van der Waals surface area contributed by atoms with Gasteiger partial charge in [0.15, 0.2) is 0 Å². The van der Waals surface area contributed by atoms with Crippen LogP contribution in [0.15, 0.2) is 22.7 Å². The first-order valence-corrected chi connectivity index (χ1v) is 6.47. The summed E-state index contributed by atoms with van der Waals surface area (Å²) in [5.74, 6) is 0.893. The van der Waals surface area contributed by atoms with Crippen molar-refractivity contribution in [2.45, 2.75) is 26.7 Å². The molecule has 1 aromatic carbocycles. The normalized spacial score (nSPS) is 18.2. The fourth-order valence-electron chi connectivity index (χ4n) is 2.11. The van der Waals surface area contributed by atoms with E-state index in [-0.39, 0.29) is 0 Å². The summed E-state index contributed by atoms with van der Waals surface area (Å²) in [5, 5.41) is 0. The molecule has 0 spiro atoms. The predicted molar refractivity (Wildman–Crippen MR) is 69.5 cm³/mol. The molecular formula is C13H18BrN. The number of anilines is 1. The minimum atomic E-state index is 0.893. The monoisotopic (exact) mass is 267 g/mol. The third-order valence-electron chi connectivity index (χ3n) is 3.23. The molecule has 0 N–H and O–H groups in total. The summed E-state index contributed by atoms with van der Waals surface area (Å²) in [6.45, 7) is 6.90. The lowest BCUT2D eigenvalue weighted by atomic mass is 9.98. The number of piperidine rings is 1. The Labute approximate surface area is 101 Å². The Morgan fingerprint density at radius 3 is 2.60 bits per heavy atom. The molecule has 2 rings (SSSR count). The number of aryl methyl sites for hydroxylation is 1. The molecule has 1 aliphatic rings. The number of nitrogens with zero attached hydrogens (tertiary/aromatic N) is 1. The van der Waals surface area contributed by atoms with Crippen LogP contribution in [0.25, 0.3) is 0 Å². The van der Waals surface area contributed by atoms with Crippen molar-refractivity contribution in [3.63, 3.8) is 0 Å². The van der Waals surface area contributed by atoms with E-state index in [2.05, 4.69) is 52.9 Å². The van der Waals surface area contributed by atoms with Gasteiger partial charge in [0.1, 0.15) is 0 Å². The molecule has 0 unspecified atom stereocenters. The molecule has 1 saturated heterocycles. The minimum Gasteiger partial charge on any atom is -0.371 e. The number of rotatable bonds is 1. The van der Waals surface area contributed by atoms with Gasteiger partial charge in [-0.25, -0.2) is 0 Å². The van der Waals surface area contributed by atoms with E-state index in [0.717, 1.165) is 5.92 Å². The molecule has 2 heteroatoms. The van der Waals surface area contributed by atoms with Gasteiger partial charge in [0.05, 0.1) is 5.69 Å². The van der Waals surface area contributed by atoms with Gasteiger partial charge in [0.25, 0.3) is 0 Å². The molecule has 0 bridgehead atoms. The zero-order valence-corrected chi connectivity index (χ0v) is 11.0. The van der Waals surface area contributed by atoms with Crippen LogP contribution in [0.4, 0.5) is 5.69 Å². The standard InChI is InChI=1S/C13H18BrN/c1-10-5-7-15(8-6-10)13-9-11(2)3-4-12(13)14/h3-4,9-10H,5-8H2,1-2H3. The second-order valence-electron chi connectivity index (χ2n) is 4.62. The van der Waals surface area contributed by atoms with Gasteiger partial charge in [0.2, 0.25) is 0 Å². The first-order chi connectivity index (χ1) is 7.16. The highest BCUT2D eigenvalue weighted by molar-refractivity contribution is 9.10. The Balaban J connectivity index is 2.18. The maximum atomic E-state index is 3.64. The number of hydrogen-bond donors (Lipinski definition) is 0. The number of hydrogen-bond acceptors (Lipinski definition) is 1. The largest absolute Gasteiger partial charge is 0.371 e. The minimum absolute atomic E-state index is 0.893. The third kappa shape index (κ3) is 2.54. The molecule has 1 aromatic rings. The molecule has 15 heavy (non-hydrogen) atoms. The fourth-order valence-corrected chi connectivity index (χ4v) is 2.61. The first kappa shape index (κ1) is 11.0. The zero-order chi connectivity index (χ0) is 10.8. The van der Waals surface area contributed by atoms with Crippen molar-refractivity contribution in [2.24, 2.45) is 5.92 Å². The quantitative estimate of drug-likeness (QED) is 0.744. The maximum absolute atomic E-state index is 3.64. The van der Waals surface area contributed by atoms with Crippen LogP contribution in [0.1, 0.15) is 25.3 Å². The Kier molecular flexibility index (Phi) is 3.35. The van der Waals surface area contributed by atoms with Gasteiger partial charge in [-0.1, -0.05) is 13.0 Å². The summed E-state index contributed by atoms with van der Waals surface area (Å²) in [4.78, 5) is 2.50. The van der Waals surface area contributed by atoms with Crippen LogP contribution < -0.4 is 4.90 Å². The van der Waals surface area contributed by atoms with Gasteiger partial charge < -0.3 is 4.90 Å². The number of halogens is 1. The molecule has 0 aromatic heterocycles. The second kappa shape index (κ2) is 4.56. The SMILES string of the molecule is Cc1ccc(Br)c(N2CCC(C)CC2)c1. The molecule has 0 aliphatic carbocycles. The highest BCUT2D eigenvalue weighted by Crippen LogP contribution is 2.30. The summed E-state index contributed by atoms with van der Waals surface area (Å²) in [7, 11) is 0. The van der Waals surface area contributed by atoms with Crippen LogP contribution >= 0.6 is 15.9 Å². The van der Waals surface area contributed by atoms with Crippen LogP contribution in [0.2, 0.25) is 0 Å². The van der Waals surface area contributed by atoms with E-state index in [9.17, 15) is 0 Å². The van der Waals surface area contributed by atoms with Crippen molar-refractivity contribution in [3.05, 3.63) is 28.2 Å². The van der Waals surface area contributed by atoms with E-state index in [4.69, 9.17) is 0 Å². The molecule has 1 heterocycles. The molecule has 1 fully saturated rings. The molecule has 0 amide bonds. The van der Waals surface area contributed by atoms with Crippen molar-refractivity contribution in [1.82, 2.24) is 0 Å². The van der Waals surface area contributed by atoms with Gasteiger partial charge >= 0.3 is 0 Å². The van der Waals surface area contributed by atoms with Gasteiger partial charge in [0, 0.05) is 17.6 Å². The van der Waals surface area contributed by atoms with E-state index >= 15 is 0 Å². The Morgan fingerprint density at radius 2 is 1.93 bits per heavy atom. The zero-order valence-electron chi connectivity index (χ0n) is 9.46. The lowest BCUT2D eigenvalue weighted by Gasteiger charge is -2.33. The van der Waals surface area contributed by atoms with E-state index in [1.54, 1.807) is 0 Å². The molecule has 82 valence electrons. The summed E-state index contributed by atoms with van der Waals surface area (Å²) in [5.41, 5.74) is 2.70. The van der Waals surface area contributed by atoms with E-state index < -0.39 is 0 Å². The van der Waals surface area contributed by atoms with Crippen LogP contribution in [0, 0.1) is 12.8 Å². The average molecular weight is 268 g/mol. The molecule has 0 radical (unpaired) electrons. The molecule has 0 saturated carbocycles. The van der Waals surface area contributed by atoms with Gasteiger partial charge in [-0.15, -0.1) is 0 Å². The summed E-state index contributed by atoms with van der Waals surface area (Å²) in [6, 6.07) is 6.59. The van der Waals surface area contributed by atoms with Crippen LogP contribution in [-0.4, -0.2) is 13.1 Å². The molecule has 1 aliphatic heterocycles. The molecule has 0 atom stereocenters. The highest BCUT2D eigenvalue weighted by atomic mass is 79.9. The van der Waals surface area contributed by atoms with Crippen molar-refractivity contribution in [3.8, 4) is 0 Å². The molecule has 1 nitrogen and oxygen atoms in total. The highest BCUT2D eigenvalue weighted by Gasteiger charge is 2.17. The number of benzene rings is 1. The predicted octanol–water partition coefficient (Wildman–Crippen LogP) is 3.99. The lowest BCUT2D eigenvalue weighted by Crippen LogP contribution is -2.33. The Hall–Kier alpha value is -0.500. The topological polar surface area (TPSA) is 3.24 Å². The van der Waals surface area contributed by atoms with Gasteiger partial charge in [-0.3, -0.25) is 0 Å². The van der Waals surface area contributed by atoms with Gasteiger partial charge in [-0.2, -0.15) is 0 Å². The average Bonchev–Trinajstić information content (AvgIpc) is 2.23. The summed E-state index contributed by atoms with van der Waals surface area (Å²) in [6.07, 6.45) is 2.64. The van der Waals surface area contributed by atoms with Crippen molar-refractivity contribution in [2.75, 3.05) is 18.0 Å². The van der Waals surface area contributed by atoms with E-state index in [1.165, 1.54) is 41.7 Å². The fraction of sp³-hybridized carbons (Fsp3) is 0.538. The smallest absolute Gasteiger partial charge is 0.0513 e. The second-order valence-corrected chi connectivity index (χ2v) is 5.48. The van der Waals surface area contributed by atoms with Crippen molar-refractivity contribution >= 4 is 21.6 Å². The maximum Gasteiger partial charge on any atom is 0.0513 e. The summed E-state index contributed by atoms with van der Waals surface area (Å²) < 4.78 is 1.22. The van der Waals surface area contributed by atoms with Crippen molar-refractivity contribution < 1.29 is 0 Å². The van der Waals surface area contributed by atoms with Gasteiger partial charge in [-0.05, 0) is 59.3 Å². The first-order valence-electron chi connectivity index (χ1n) is 5.68. The molecular weight excluding hydrogens is 250 g/mol. The Morgan fingerprint density at radius 1 is 1.27 bits per heavy atom. The van der Waals surface area contributed by atoms with Crippen LogP contribution in [-0.2, 0) is 0 Å². The summed E-state index contributed by atoms with van der Waals surface area (Å²) >= 11 is 3.64. The Bertz CT molecular complexity index is 340. The van der Waals surface area contributed by atoms with Crippen LogP contribution in [0.3, 0.4) is 0 Å². The van der Waals surface area contributed by atoms with Crippen molar-refractivity contribution in [1.29, 1.82) is 0 Å².